The minimum Gasteiger partial charge on any atom is -0.452 e. The van der Waals surface area contributed by atoms with Crippen LogP contribution >= 0.6 is 0 Å². The van der Waals surface area contributed by atoms with E-state index in [2.05, 4.69) is 10.4 Å². The summed E-state index contributed by atoms with van der Waals surface area (Å²) >= 11 is 0. The van der Waals surface area contributed by atoms with E-state index in [0.717, 1.165) is 11.4 Å². The molecule has 8 heteroatoms. The zero-order valence-corrected chi connectivity index (χ0v) is 17.2. The first-order chi connectivity index (χ1) is 14.9. The molecule has 2 amide bonds. The minimum atomic E-state index is -0.595. The number of aryl methyl sites for hydroxylation is 1. The quantitative estimate of drug-likeness (QED) is 0.657. The van der Waals surface area contributed by atoms with Crippen molar-refractivity contribution in [3.63, 3.8) is 0 Å². The van der Waals surface area contributed by atoms with Crippen molar-refractivity contribution in [3.05, 3.63) is 72.1 Å². The number of carbonyl (C=O) groups is 3. The number of aromatic nitrogens is 2. The Hall–Kier alpha value is -3.94. The van der Waals surface area contributed by atoms with E-state index in [4.69, 9.17) is 4.74 Å². The minimum absolute atomic E-state index is 0.155. The molecule has 4 rings (SSSR count). The highest BCUT2D eigenvalue weighted by molar-refractivity contribution is 6.05. The van der Waals surface area contributed by atoms with Gasteiger partial charge >= 0.3 is 5.97 Å². The molecule has 0 aliphatic carbocycles. The maximum atomic E-state index is 12.9. The van der Waals surface area contributed by atoms with E-state index in [1.165, 1.54) is 4.90 Å². The van der Waals surface area contributed by atoms with Gasteiger partial charge in [0.2, 0.25) is 5.91 Å². The number of carbonyl (C=O) groups excluding carboxylic acids is 3. The number of rotatable bonds is 4. The maximum absolute atomic E-state index is 12.9. The summed E-state index contributed by atoms with van der Waals surface area (Å²) in [6.07, 6.45) is 1.86. The Morgan fingerprint density at radius 3 is 2.58 bits per heavy atom. The molecule has 0 bridgehead atoms. The number of anilines is 2. The second kappa shape index (κ2) is 8.43. The highest BCUT2D eigenvalue weighted by Crippen LogP contribution is 2.31. The van der Waals surface area contributed by atoms with Crippen molar-refractivity contribution < 1.29 is 19.1 Å². The van der Waals surface area contributed by atoms with Crippen LogP contribution in [0.5, 0.6) is 0 Å². The molecule has 1 aliphatic rings. The van der Waals surface area contributed by atoms with Crippen LogP contribution in [0.2, 0.25) is 0 Å². The highest BCUT2D eigenvalue weighted by Gasteiger charge is 2.30. The summed E-state index contributed by atoms with van der Waals surface area (Å²) in [5, 5.41) is 7.03. The third-order valence-corrected chi connectivity index (χ3v) is 5.13. The van der Waals surface area contributed by atoms with Crippen LogP contribution in [0.15, 0.2) is 60.8 Å². The Kier molecular flexibility index (Phi) is 5.53. The van der Waals surface area contributed by atoms with Gasteiger partial charge in [-0.1, -0.05) is 12.1 Å². The van der Waals surface area contributed by atoms with Gasteiger partial charge in [-0.3, -0.25) is 9.59 Å². The van der Waals surface area contributed by atoms with Gasteiger partial charge in [0.05, 0.1) is 22.6 Å². The van der Waals surface area contributed by atoms with Crippen molar-refractivity contribution >= 4 is 29.2 Å². The monoisotopic (exact) mass is 418 g/mol. The molecule has 1 aliphatic heterocycles. The van der Waals surface area contributed by atoms with E-state index in [1.807, 2.05) is 13.0 Å². The number of hydrogen-bond donors (Lipinski definition) is 1. The molecule has 31 heavy (non-hydrogen) atoms. The Balaban J connectivity index is 1.45. The topological polar surface area (TPSA) is 93.5 Å². The van der Waals surface area contributed by atoms with E-state index in [-0.39, 0.29) is 18.4 Å². The molecule has 0 saturated heterocycles. The average Bonchev–Trinajstić information content (AvgIpc) is 3.13. The number of esters is 1. The van der Waals surface area contributed by atoms with E-state index >= 15 is 0 Å². The number of nitrogens with one attached hydrogen (secondary N) is 1. The van der Waals surface area contributed by atoms with E-state index in [1.54, 1.807) is 66.3 Å². The molecular formula is C23H22N4O4. The standard InChI is InChI=1S/C23H22N4O4/c1-15-11-12-24-27(15)18-9-7-17(8-10-18)23(30)31-14-22(29)26-16(2)13-21(28)25-19-5-3-4-6-20(19)26/h3-12,16H,13-14H2,1-2H3,(H,25,28)/t16-/m1/s1. The second-order valence-corrected chi connectivity index (χ2v) is 7.39. The zero-order chi connectivity index (χ0) is 22.0. The summed E-state index contributed by atoms with van der Waals surface area (Å²) in [5.41, 5.74) is 3.27. The summed E-state index contributed by atoms with van der Waals surface area (Å²) in [5.74, 6) is -1.16. The molecule has 1 N–H and O–H groups in total. The van der Waals surface area contributed by atoms with E-state index < -0.39 is 18.5 Å². The number of fused-ring (bicyclic) bond motifs is 1. The Morgan fingerprint density at radius 2 is 1.87 bits per heavy atom. The normalized spacial score (nSPS) is 15.6. The molecule has 2 heterocycles. The SMILES string of the molecule is Cc1ccnn1-c1ccc(C(=O)OCC(=O)N2c3ccccc3NC(=O)C[C@H]2C)cc1. The second-order valence-electron chi connectivity index (χ2n) is 7.39. The first-order valence-electron chi connectivity index (χ1n) is 9.93. The lowest BCUT2D eigenvalue weighted by Crippen LogP contribution is -2.41. The Morgan fingerprint density at radius 1 is 1.13 bits per heavy atom. The predicted molar refractivity (Wildman–Crippen MR) is 115 cm³/mol. The van der Waals surface area contributed by atoms with Crippen molar-refractivity contribution in [1.29, 1.82) is 0 Å². The number of amides is 2. The fourth-order valence-electron chi connectivity index (χ4n) is 3.63. The molecule has 0 saturated carbocycles. The molecule has 3 aromatic rings. The average molecular weight is 418 g/mol. The van der Waals surface area contributed by atoms with Crippen molar-refractivity contribution in [1.82, 2.24) is 9.78 Å². The van der Waals surface area contributed by atoms with Crippen LogP contribution in [-0.4, -0.2) is 40.2 Å². The first kappa shape index (κ1) is 20.3. The number of hydrogen-bond acceptors (Lipinski definition) is 5. The van der Waals surface area contributed by atoms with E-state index in [0.29, 0.717) is 16.9 Å². The first-order valence-corrected chi connectivity index (χ1v) is 9.93. The van der Waals surface area contributed by atoms with Gasteiger partial charge in [-0.05, 0) is 56.3 Å². The Bertz CT molecular complexity index is 1140. The van der Waals surface area contributed by atoms with Crippen LogP contribution in [0.3, 0.4) is 0 Å². The van der Waals surface area contributed by atoms with Gasteiger partial charge in [0.1, 0.15) is 0 Å². The number of nitrogens with zero attached hydrogens (tertiary/aromatic N) is 3. The highest BCUT2D eigenvalue weighted by atomic mass is 16.5. The van der Waals surface area contributed by atoms with Crippen LogP contribution in [0.1, 0.15) is 29.4 Å². The molecule has 0 spiro atoms. The zero-order valence-electron chi connectivity index (χ0n) is 17.2. The summed E-state index contributed by atoms with van der Waals surface area (Å²) in [4.78, 5) is 38.9. The van der Waals surface area contributed by atoms with Crippen LogP contribution < -0.4 is 10.2 Å². The van der Waals surface area contributed by atoms with Gasteiger partial charge in [0.25, 0.3) is 5.91 Å². The van der Waals surface area contributed by atoms with Crippen LogP contribution in [0, 0.1) is 6.92 Å². The molecular weight excluding hydrogens is 396 g/mol. The maximum Gasteiger partial charge on any atom is 0.338 e. The van der Waals surface area contributed by atoms with Gasteiger partial charge in [-0.2, -0.15) is 5.10 Å². The van der Waals surface area contributed by atoms with Crippen molar-refractivity contribution in [2.75, 3.05) is 16.8 Å². The summed E-state index contributed by atoms with van der Waals surface area (Å²) in [6, 6.07) is 15.4. The lowest BCUT2D eigenvalue weighted by Gasteiger charge is -2.27. The van der Waals surface area contributed by atoms with Gasteiger partial charge in [0, 0.05) is 24.4 Å². The predicted octanol–water partition coefficient (Wildman–Crippen LogP) is 3.10. The lowest BCUT2D eigenvalue weighted by atomic mass is 10.1. The third kappa shape index (κ3) is 4.18. The van der Waals surface area contributed by atoms with Crippen molar-refractivity contribution in [2.24, 2.45) is 0 Å². The van der Waals surface area contributed by atoms with E-state index in [9.17, 15) is 14.4 Å². The molecule has 1 atom stereocenters. The van der Waals surface area contributed by atoms with Gasteiger partial charge in [-0.15, -0.1) is 0 Å². The molecule has 1 aromatic heterocycles. The lowest BCUT2D eigenvalue weighted by molar-refractivity contribution is -0.122. The number of benzene rings is 2. The number of ether oxygens (including phenoxy) is 1. The molecule has 0 unspecified atom stereocenters. The fourth-order valence-corrected chi connectivity index (χ4v) is 3.63. The van der Waals surface area contributed by atoms with Crippen LogP contribution in [0.25, 0.3) is 5.69 Å². The molecule has 2 aromatic carbocycles. The van der Waals surface area contributed by atoms with Crippen LogP contribution in [0.4, 0.5) is 11.4 Å². The number of para-hydroxylation sites is 2. The van der Waals surface area contributed by atoms with Crippen molar-refractivity contribution in [2.45, 2.75) is 26.3 Å². The van der Waals surface area contributed by atoms with Crippen LogP contribution in [-0.2, 0) is 14.3 Å². The summed E-state index contributed by atoms with van der Waals surface area (Å²) < 4.78 is 7.03. The van der Waals surface area contributed by atoms with Gasteiger partial charge < -0.3 is 15.0 Å². The van der Waals surface area contributed by atoms with Crippen molar-refractivity contribution in [3.8, 4) is 5.69 Å². The third-order valence-electron chi connectivity index (χ3n) is 5.13. The molecule has 0 fully saturated rings. The largest absolute Gasteiger partial charge is 0.452 e. The fraction of sp³-hybridized carbons (Fsp3) is 0.217. The molecule has 0 radical (unpaired) electrons. The molecule has 158 valence electrons. The summed E-state index contributed by atoms with van der Waals surface area (Å²) in [6.45, 7) is 3.30. The van der Waals surface area contributed by atoms with Gasteiger partial charge in [-0.25, -0.2) is 9.48 Å². The summed E-state index contributed by atoms with van der Waals surface area (Å²) in [7, 11) is 0. The smallest absolute Gasteiger partial charge is 0.338 e. The van der Waals surface area contributed by atoms with Gasteiger partial charge in [0.15, 0.2) is 6.61 Å². The molecule has 8 nitrogen and oxygen atoms in total. The Labute approximate surface area is 179 Å².